The molecule has 2 amide bonds. The molecule has 1 aromatic carbocycles. The van der Waals surface area contributed by atoms with E-state index < -0.39 is 23.3 Å². The molecule has 3 aromatic rings. The number of anilines is 1. The van der Waals surface area contributed by atoms with Crippen LogP contribution in [-0.4, -0.2) is 33.9 Å². The van der Waals surface area contributed by atoms with Crippen molar-refractivity contribution >= 4 is 23.6 Å². The quantitative estimate of drug-likeness (QED) is 0.469. The Hall–Kier alpha value is -4.47. The lowest BCUT2D eigenvalue weighted by Crippen LogP contribution is -2.24. The summed E-state index contributed by atoms with van der Waals surface area (Å²) in [5.41, 5.74) is 5.94. The zero-order valence-electron chi connectivity index (χ0n) is 16.2. The van der Waals surface area contributed by atoms with Gasteiger partial charge >= 0.3 is 5.97 Å². The lowest BCUT2D eigenvalue weighted by atomic mass is 10.1. The second-order valence-electron chi connectivity index (χ2n) is 6.48. The van der Waals surface area contributed by atoms with Gasteiger partial charge in [0.15, 0.2) is 0 Å². The molecule has 3 N–H and O–H groups in total. The molecule has 0 unspecified atom stereocenters. The summed E-state index contributed by atoms with van der Waals surface area (Å²) in [5, 5.41) is 2.12. The van der Waals surface area contributed by atoms with E-state index in [0.29, 0.717) is 11.4 Å². The van der Waals surface area contributed by atoms with Crippen molar-refractivity contribution in [3.05, 3.63) is 75.7 Å². The Morgan fingerprint density at radius 1 is 1.13 bits per heavy atom. The van der Waals surface area contributed by atoms with Gasteiger partial charge in [0, 0.05) is 24.4 Å². The van der Waals surface area contributed by atoms with Crippen molar-refractivity contribution < 1.29 is 23.9 Å². The Bertz CT molecular complexity index is 1300. The minimum Gasteiger partial charge on any atom is -0.462 e. The van der Waals surface area contributed by atoms with E-state index in [2.05, 4.69) is 10.3 Å². The first-order valence-corrected chi connectivity index (χ1v) is 9.21. The summed E-state index contributed by atoms with van der Waals surface area (Å²) in [7, 11) is 0. The number of fused-ring (bicyclic) bond motifs is 1. The van der Waals surface area contributed by atoms with Crippen LogP contribution in [-0.2, 0) is 4.74 Å². The van der Waals surface area contributed by atoms with Crippen LogP contribution in [0.4, 0.5) is 5.82 Å². The number of esters is 1. The number of carbonyl (C=O) groups excluding carboxylic acids is 3. The van der Waals surface area contributed by atoms with Crippen LogP contribution in [0, 0.1) is 0 Å². The topological polar surface area (TPSA) is 143 Å². The highest BCUT2D eigenvalue weighted by Crippen LogP contribution is 2.26. The number of benzene rings is 1. The zero-order valence-corrected chi connectivity index (χ0v) is 16.2. The number of nitrogens with two attached hydrogens (primary N) is 1. The number of hydrogen-bond acceptors (Lipinski definition) is 8. The van der Waals surface area contributed by atoms with Crippen LogP contribution in [0.2, 0.25) is 0 Å². The molecule has 0 fully saturated rings. The fraction of sp³-hybridized carbons (Fsp3) is 0.0952. The van der Waals surface area contributed by atoms with E-state index in [1.165, 1.54) is 24.4 Å². The lowest BCUT2D eigenvalue weighted by molar-refractivity contribution is 0.0525. The third kappa shape index (κ3) is 3.62. The summed E-state index contributed by atoms with van der Waals surface area (Å²) in [6, 6.07) is 10.3. The number of hydrogen-bond donors (Lipinski definition) is 2. The number of nitrogens with zero attached hydrogens (tertiary/aromatic N) is 2. The second-order valence-corrected chi connectivity index (χ2v) is 6.48. The molecule has 0 aliphatic carbocycles. The van der Waals surface area contributed by atoms with Crippen molar-refractivity contribution in [3.8, 4) is 17.3 Å². The maximum Gasteiger partial charge on any atom is 0.338 e. The first-order valence-electron chi connectivity index (χ1n) is 9.21. The molecule has 1 aliphatic rings. The smallest absolute Gasteiger partial charge is 0.338 e. The molecular formula is C21H16N4O6. The molecular weight excluding hydrogens is 404 g/mol. The van der Waals surface area contributed by atoms with Gasteiger partial charge in [-0.15, -0.1) is 0 Å². The van der Waals surface area contributed by atoms with Gasteiger partial charge < -0.3 is 15.2 Å². The summed E-state index contributed by atoms with van der Waals surface area (Å²) in [6.45, 7) is 1.94. The van der Waals surface area contributed by atoms with E-state index in [9.17, 15) is 19.2 Å². The Balaban J connectivity index is 1.70. The third-order valence-corrected chi connectivity index (χ3v) is 4.50. The maximum absolute atomic E-state index is 12.6. The number of rotatable bonds is 5. The number of imide groups is 1. The van der Waals surface area contributed by atoms with Crippen LogP contribution >= 0.6 is 0 Å². The van der Waals surface area contributed by atoms with Crippen LogP contribution in [0.3, 0.4) is 0 Å². The average molecular weight is 420 g/mol. The molecule has 0 atom stereocenters. The SMILES string of the molecule is CCOC(=O)c1ccnc(Oc2cccc(-n3c(N)c4c(cc3=O)C(=O)NC4=O)c2)c1. The van der Waals surface area contributed by atoms with E-state index in [1.807, 2.05) is 0 Å². The number of amides is 2. The van der Waals surface area contributed by atoms with Crippen LogP contribution in [0.25, 0.3) is 5.69 Å². The van der Waals surface area contributed by atoms with Crippen molar-refractivity contribution in [2.45, 2.75) is 6.92 Å². The summed E-state index contributed by atoms with van der Waals surface area (Å²) in [6.07, 6.45) is 1.41. The van der Waals surface area contributed by atoms with Crippen LogP contribution in [0.15, 0.2) is 53.5 Å². The third-order valence-electron chi connectivity index (χ3n) is 4.50. The van der Waals surface area contributed by atoms with Gasteiger partial charge in [0.1, 0.15) is 11.6 Å². The Kier molecular flexibility index (Phi) is 4.96. The summed E-state index contributed by atoms with van der Waals surface area (Å²) in [4.78, 5) is 52.4. The molecule has 4 rings (SSSR count). The number of nitrogens with one attached hydrogen (secondary N) is 1. The first-order chi connectivity index (χ1) is 14.9. The highest BCUT2D eigenvalue weighted by molar-refractivity contribution is 6.23. The molecule has 10 heteroatoms. The molecule has 0 saturated heterocycles. The molecule has 0 radical (unpaired) electrons. The van der Waals surface area contributed by atoms with Gasteiger partial charge in [-0.05, 0) is 25.1 Å². The molecule has 156 valence electrons. The Labute approximate surface area is 175 Å². The minimum absolute atomic E-state index is 0.0558. The van der Waals surface area contributed by atoms with Gasteiger partial charge in [0.25, 0.3) is 17.4 Å². The molecule has 2 aromatic heterocycles. The average Bonchev–Trinajstić information content (AvgIpc) is 3.02. The fourth-order valence-electron chi connectivity index (χ4n) is 3.16. The number of nitrogen functional groups attached to an aromatic ring is 1. The highest BCUT2D eigenvalue weighted by atomic mass is 16.5. The Morgan fingerprint density at radius 3 is 2.71 bits per heavy atom. The summed E-state index contributed by atoms with van der Waals surface area (Å²) < 4.78 is 11.8. The fourth-order valence-corrected chi connectivity index (χ4v) is 3.16. The van der Waals surface area contributed by atoms with Gasteiger partial charge in [-0.2, -0.15) is 0 Å². The standard InChI is InChI=1S/C21H16N4O6/c1-2-30-21(29)11-6-7-23-15(8-11)31-13-5-3-4-12(9-13)25-16(26)10-14-17(18(25)22)20(28)24-19(14)27/h3-10H,2,22H2,1H3,(H,24,27,28). The van der Waals surface area contributed by atoms with Crippen LogP contribution < -0.4 is 21.3 Å². The number of aromatic nitrogens is 2. The molecule has 3 heterocycles. The van der Waals surface area contributed by atoms with Crippen molar-refractivity contribution in [1.29, 1.82) is 0 Å². The largest absolute Gasteiger partial charge is 0.462 e. The predicted octanol–water partition coefficient (Wildman–Crippen LogP) is 1.67. The maximum atomic E-state index is 12.6. The van der Waals surface area contributed by atoms with E-state index >= 15 is 0 Å². The molecule has 1 aliphatic heterocycles. The van der Waals surface area contributed by atoms with Gasteiger partial charge in [0.05, 0.1) is 29.0 Å². The highest BCUT2D eigenvalue weighted by Gasteiger charge is 2.31. The molecule has 0 saturated carbocycles. The zero-order chi connectivity index (χ0) is 22.1. The van der Waals surface area contributed by atoms with Gasteiger partial charge in [-0.3, -0.25) is 24.3 Å². The number of carbonyl (C=O) groups is 3. The van der Waals surface area contributed by atoms with E-state index in [0.717, 1.165) is 10.6 Å². The minimum atomic E-state index is -0.668. The summed E-state index contributed by atoms with van der Waals surface area (Å²) in [5.74, 6) is -1.56. The molecule has 10 nitrogen and oxygen atoms in total. The van der Waals surface area contributed by atoms with Gasteiger partial charge in [-0.1, -0.05) is 6.07 Å². The lowest BCUT2D eigenvalue weighted by Gasteiger charge is -2.13. The molecule has 0 bridgehead atoms. The molecule has 31 heavy (non-hydrogen) atoms. The van der Waals surface area contributed by atoms with Crippen LogP contribution in [0.1, 0.15) is 38.0 Å². The van der Waals surface area contributed by atoms with Gasteiger partial charge in [0.2, 0.25) is 5.88 Å². The summed E-state index contributed by atoms with van der Waals surface area (Å²) >= 11 is 0. The number of pyridine rings is 2. The second kappa shape index (κ2) is 7.75. The van der Waals surface area contributed by atoms with E-state index in [4.69, 9.17) is 15.2 Å². The van der Waals surface area contributed by atoms with Crippen molar-refractivity contribution in [1.82, 2.24) is 14.9 Å². The van der Waals surface area contributed by atoms with Crippen molar-refractivity contribution in [2.75, 3.05) is 12.3 Å². The molecule has 0 spiro atoms. The predicted molar refractivity (Wildman–Crippen MR) is 109 cm³/mol. The normalized spacial score (nSPS) is 12.3. The van der Waals surface area contributed by atoms with Crippen molar-refractivity contribution in [3.63, 3.8) is 0 Å². The first kappa shape index (κ1) is 19.8. The Morgan fingerprint density at radius 2 is 1.94 bits per heavy atom. The van der Waals surface area contributed by atoms with E-state index in [1.54, 1.807) is 25.1 Å². The van der Waals surface area contributed by atoms with Crippen molar-refractivity contribution in [2.24, 2.45) is 0 Å². The van der Waals surface area contributed by atoms with E-state index in [-0.39, 0.29) is 35.0 Å². The number of ether oxygens (including phenoxy) is 2. The van der Waals surface area contributed by atoms with Gasteiger partial charge in [-0.25, -0.2) is 9.78 Å². The monoisotopic (exact) mass is 420 g/mol. The van der Waals surface area contributed by atoms with Crippen LogP contribution in [0.5, 0.6) is 11.6 Å².